The molecule has 0 saturated carbocycles. The molecule has 0 amide bonds. The maximum Gasteiger partial charge on any atom is 0.306 e. The monoisotopic (exact) mass is 778 g/mol. The lowest BCUT2D eigenvalue weighted by molar-refractivity contribution is -0.332. The van der Waals surface area contributed by atoms with Crippen LogP contribution in [-0.4, -0.2) is 142 Å². The molecule has 2 aliphatic rings. The molecule has 2 saturated heterocycles. The number of carbonyl (C=O) groups is 2. The molecule has 15 heteroatoms. The number of carbonyl (C=O) groups excluding carboxylic acids is 2. The number of esters is 2. The molecule has 11 atom stereocenters. The zero-order valence-electron chi connectivity index (χ0n) is 32.5. The second kappa shape index (κ2) is 28.6. The van der Waals surface area contributed by atoms with Gasteiger partial charge in [0.05, 0.1) is 19.8 Å². The average Bonchev–Trinajstić information content (AvgIpc) is 3.16. The Morgan fingerprint density at radius 1 is 0.574 bits per heavy atom. The third-order valence-corrected chi connectivity index (χ3v) is 9.74. The van der Waals surface area contributed by atoms with Crippen LogP contribution >= 0.6 is 0 Å². The summed E-state index contributed by atoms with van der Waals surface area (Å²) in [5.74, 6) is -0.945. The van der Waals surface area contributed by atoms with Gasteiger partial charge in [-0.1, -0.05) is 96.6 Å². The Balaban J connectivity index is 1.89. The van der Waals surface area contributed by atoms with Crippen LogP contribution in [0, 0.1) is 0 Å². The predicted molar refractivity (Wildman–Crippen MR) is 197 cm³/mol. The topological polar surface area (TPSA) is 231 Å². The number of aliphatic hydroxyl groups is 7. The molecule has 0 aromatic heterocycles. The minimum atomic E-state index is -1.76. The molecule has 0 aromatic rings. The van der Waals surface area contributed by atoms with Gasteiger partial charge in [-0.2, -0.15) is 0 Å². The summed E-state index contributed by atoms with van der Waals surface area (Å²) in [6.45, 7) is 2.44. The lowest BCUT2D eigenvalue weighted by atomic mass is 9.98. The maximum absolute atomic E-state index is 12.8. The molecular weight excluding hydrogens is 708 g/mol. The van der Waals surface area contributed by atoms with E-state index in [1.807, 2.05) is 0 Å². The lowest BCUT2D eigenvalue weighted by Crippen LogP contribution is -2.61. The van der Waals surface area contributed by atoms with E-state index in [0.717, 1.165) is 70.6 Å². The van der Waals surface area contributed by atoms with Crippen molar-refractivity contribution in [2.24, 2.45) is 0 Å². The molecular formula is C39H70O15. The van der Waals surface area contributed by atoms with E-state index in [4.69, 9.17) is 28.4 Å². The summed E-state index contributed by atoms with van der Waals surface area (Å²) >= 11 is 0. The van der Waals surface area contributed by atoms with Crippen molar-refractivity contribution < 1.29 is 73.8 Å². The molecule has 0 aromatic carbocycles. The largest absolute Gasteiger partial charge is 0.462 e. The number of unbranched alkanes of at least 4 members (excludes halogenated alkanes) is 13. The van der Waals surface area contributed by atoms with Crippen LogP contribution in [0.1, 0.15) is 129 Å². The van der Waals surface area contributed by atoms with Crippen LogP contribution in [0.5, 0.6) is 0 Å². The van der Waals surface area contributed by atoms with Gasteiger partial charge in [-0.15, -0.1) is 0 Å². The number of rotatable bonds is 29. The molecule has 2 heterocycles. The number of hydrogen-bond donors (Lipinski definition) is 7. The Bertz CT molecular complexity index is 1010. The van der Waals surface area contributed by atoms with Crippen molar-refractivity contribution in [2.45, 2.75) is 197 Å². The Hall–Kier alpha value is -1.76. The van der Waals surface area contributed by atoms with Crippen LogP contribution in [0.25, 0.3) is 0 Å². The number of hydrogen-bond acceptors (Lipinski definition) is 15. The van der Waals surface area contributed by atoms with Crippen LogP contribution in [0.15, 0.2) is 12.2 Å². The van der Waals surface area contributed by atoms with E-state index in [9.17, 15) is 45.3 Å². The molecule has 4 unspecified atom stereocenters. The highest BCUT2D eigenvalue weighted by molar-refractivity contribution is 5.70. The first-order chi connectivity index (χ1) is 26.0. The highest BCUT2D eigenvalue weighted by Crippen LogP contribution is 2.26. The molecule has 0 aliphatic carbocycles. The maximum atomic E-state index is 12.8. The zero-order valence-corrected chi connectivity index (χ0v) is 32.5. The van der Waals surface area contributed by atoms with Crippen molar-refractivity contribution in [3.8, 4) is 0 Å². The van der Waals surface area contributed by atoms with Crippen molar-refractivity contribution in [1.82, 2.24) is 0 Å². The highest BCUT2D eigenvalue weighted by atomic mass is 16.7. The third-order valence-electron chi connectivity index (χ3n) is 9.74. The highest BCUT2D eigenvalue weighted by Gasteiger charge is 2.47. The summed E-state index contributed by atoms with van der Waals surface area (Å²) in [6, 6.07) is 0. The predicted octanol–water partition coefficient (Wildman–Crippen LogP) is 2.70. The minimum Gasteiger partial charge on any atom is -0.462 e. The van der Waals surface area contributed by atoms with E-state index in [0.29, 0.717) is 12.8 Å². The lowest BCUT2D eigenvalue weighted by Gasteiger charge is -2.42. The second-order valence-corrected chi connectivity index (χ2v) is 14.5. The fourth-order valence-electron chi connectivity index (χ4n) is 6.25. The van der Waals surface area contributed by atoms with E-state index in [1.165, 1.54) is 19.3 Å². The SMILES string of the molecule is CCCC/C=C/CCCCCCCC(=O)OC[C@H](CO[C@@H]1O[C@H](CO[C@@H]2O[C@H](CO)[C@H](O)C(O)C2O)[C@H](O)C(O)C1O)OC(=O)CCCCCCCCC. The number of ether oxygens (including phenoxy) is 6. The normalized spacial score (nSPS) is 29.4. The average molecular weight is 779 g/mol. The molecule has 0 spiro atoms. The van der Waals surface area contributed by atoms with Crippen molar-refractivity contribution in [3.63, 3.8) is 0 Å². The van der Waals surface area contributed by atoms with E-state index in [2.05, 4.69) is 26.0 Å². The minimum absolute atomic E-state index is 0.164. The quantitative estimate of drug-likeness (QED) is 0.0329. The molecule has 0 radical (unpaired) electrons. The summed E-state index contributed by atoms with van der Waals surface area (Å²) in [6.07, 6.45) is 4.47. The van der Waals surface area contributed by atoms with Crippen LogP contribution in [0.4, 0.5) is 0 Å². The molecule has 7 N–H and O–H groups in total. The summed E-state index contributed by atoms with van der Waals surface area (Å²) in [4.78, 5) is 25.3. The molecule has 54 heavy (non-hydrogen) atoms. The molecule has 15 nitrogen and oxygen atoms in total. The number of allylic oxidation sites excluding steroid dienone is 2. The fourth-order valence-corrected chi connectivity index (χ4v) is 6.25. The second-order valence-electron chi connectivity index (χ2n) is 14.5. The van der Waals surface area contributed by atoms with Gasteiger partial charge in [0.25, 0.3) is 0 Å². The first-order valence-corrected chi connectivity index (χ1v) is 20.3. The fraction of sp³-hybridized carbons (Fsp3) is 0.897. The summed E-state index contributed by atoms with van der Waals surface area (Å²) in [5, 5.41) is 71.5. The Morgan fingerprint density at radius 2 is 1.07 bits per heavy atom. The first kappa shape index (κ1) is 48.4. The van der Waals surface area contributed by atoms with Gasteiger partial charge in [-0.3, -0.25) is 9.59 Å². The molecule has 316 valence electrons. The van der Waals surface area contributed by atoms with Crippen molar-refractivity contribution in [2.75, 3.05) is 26.4 Å². The molecule has 2 aliphatic heterocycles. The van der Waals surface area contributed by atoms with Gasteiger partial charge >= 0.3 is 11.9 Å². The zero-order chi connectivity index (χ0) is 39.7. The van der Waals surface area contributed by atoms with Crippen LogP contribution in [0.3, 0.4) is 0 Å². The Morgan fingerprint density at radius 3 is 1.69 bits per heavy atom. The van der Waals surface area contributed by atoms with E-state index < -0.39 is 92.7 Å². The van der Waals surface area contributed by atoms with Crippen LogP contribution in [-0.2, 0) is 38.0 Å². The first-order valence-electron chi connectivity index (χ1n) is 20.3. The standard InChI is InChI=1S/C39H70O15/c1-3-5-7-9-11-12-13-14-16-17-19-21-30(41)49-24-27(52-31(42)22-20-18-15-10-8-6-4-2)25-50-38-37(48)35(46)33(44)29(54-38)26-51-39-36(47)34(45)32(43)28(23-40)53-39/h9,11,27-29,32-40,43-48H,3-8,10,12-26H2,1-2H3/b11-9+/t27-,28-,29-,32+,33+,34?,35?,36?,37?,38-,39-/m1/s1. The molecule has 2 rings (SSSR count). The summed E-state index contributed by atoms with van der Waals surface area (Å²) in [7, 11) is 0. The van der Waals surface area contributed by atoms with Crippen molar-refractivity contribution in [1.29, 1.82) is 0 Å². The van der Waals surface area contributed by atoms with Gasteiger partial charge in [-0.25, -0.2) is 0 Å². The smallest absolute Gasteiger partial charge is 0.306 e. The van der Waals surface area contributed by atoms with Crippen molar-refractivity contribution in [3.05, 3.63) is 12.2 Å². The van der Waals surface area contributed by atoms with Gasteiger partial charge < -0.3 is 64.2 Å². The third kappa shape index (κ3) is 18.5. The van der Waals surface area contributed by atoms with Gasteiger partial charge in [0.15, 0.2) is 18.7 Å². The number of aliphatic hydroxyl groups excluding tert-OH is 7. The van der Waals surface area contributed by atoms with E-state index in [1.54, 1.807) is 0 Å². The van der Waals surface area contributed by atoms with Crippen molar-refractivity contribution >= 4 is 11.9 Å². The van der Waals surface area contributed by atoms with Crippen LogP contribution < -0.4 is 0 Å². The Kier molecular flexibility index (Phi) is 25.6. The van der Waals surface area contributed by atoms with Crippen LogP contribution in [0.2, 0.25) is 0 Å². The van der Waals surface area contributed by atoms with Gasteiger partial charge in [-0.05, 0) is 32.1 Å². The Labute approximate surface area is 320 Å². The van der Waals surface area contributed by atoms with Gasteiger partial charge in [0, 0.05) is 12.8 Å². The van der Waals surface area contributed by atoms with Gasteiger partial charge in [0.1, 0.15) is 55.4 Å². The molecule has 0 bridgehead atoms. The summed E-state index contributed by atoms with van der Waals surface area (Å²) in [5.41, 5.74) is 0. The summed E-state index contributed by atoms with van der Waals surface area (Å²) < 4.78 is 33.2. The molecule has 2 fully saturated rings. The van der Waals surface area contributed by atoms with E-state index in [-0.39, 0.29) is 26.1 Å². The van der Waals surface area contributed by atoms with E-state index >= 15 is 0 Å². The van der Waals surface area contributed by atoms with Gasteiger partial charge in [0.2, 0.25) is 0 Å².